The van der Waals surface area contributed by atoms with Crippen LogP contribution >= 0.6 is 183 Å². The van der Waals surface area contributed by atoms with Crippen molar-refractivity contribution in [1.29, 1.82) is 0 Å². The normalized spacial score (nSPS) is 4.00. The van der Waals surface area contributed by atoms with E-state index in [4.69, 9.17) is 0 Å². The molecular formula is C12H29Br14NP3Ta. The Labute approximate surface area is 360 Å². The van der Waals surface area contributed by atoms with Crippen LogP contribution in [0.15, 0.2) is 60.7 Å². The molecule has 0 saturated heterocycles. The van der Waals surface area contributed by atoms with Crippen molar-refractivity contribution in [2.45, 2.75) is 0 Å². The maximum Gasteiger partial charge on any atom is 5.00 e. The maximum absolute atomic E-state index is 3.30. The van der Waals surface area contributed by atoms with Gasteiger partial charge in [-0.25, -0.2) is 0 Å². The van der Waals surface area contributed by atoms with Crippen molar-refractivity contribution in [3.63, 3.8) is 0 Å². The molecular weight excluding hydrogens is 1550 g/mol. The van der Waals surface area contributed by atoms with Gasteiger partial charge in [-0.2, -0.15) is 29.7 Å². The van der Waals surface area contributed by atoms with Gasteiger partial charge in [0.1, 0.15) is 0 Å². The number of para-hydroxylation sites is 2. The van der Waals surface area contributed by atoms with Gasteiger partial charge in [-0.05, 0) is 24.3 Å². The van der Waals surface area contributed by atoms with E-state index in [9.17, 15) is 0 Å². The standard InChI is InChI=1S/C12H11N.14BrH.3H3P.Ta/c1-3-7-11(8-4-1)13-12-9-5-2-6-10-12;;;;;;;;;;;;;;;;;;/h1-10,13H;14*1H;3*1H3;/q;;;;;;;;;;;;;;;;;;+5/p-5. The SMILES string of the molecule is Br.Br.Br.Br.Br.Br.Br.Br.Br.P.P.P.[Br-].[Br-].[Br-].[Br-].[Br-].[Ta+5].c1ccc(Nc2ccccc2)cc1. The largest absolute Gasteiger partial charge is 5.00 e. The summed E-state index contributed by atoms with van der Waals surface area (Å²) in [5, 5.41) is 3.30. The Hall–Kier alpha value is 6.99. The van der Waals surface area contributed by atoms with Gasteiger partial charge >= 0.3 is 22.4 Å². The summed E-state index contributed by atoms with van der Waals surface area (Å²) in [5.41, 5.74) is 2.24. The third-order valence-corrected chi connectivity index (χ3v) is 1.84. The first-order valence-electron chi connectivity index (χ1n) is 4.32. The predicted molar refractivity (Wildman–Crippen MR) is 182 cm³/mol. The molecule has 3 atom stereocenters. The molecule has 1 nitrogen and oxygen atoms in total. The molecule has 0 aliphatic heterocycles. The van der Waals surface area contributed by atoms with Gasteiger partial charge in [-0.1, -0.05) is 36.4 Å². The number of rotatable bonds is 2. The second kappa shape index (κ2) is 83.3. The molecule has 200 valence electrons. The molecule has 0 aliphatic rings. The van der Waals surface area contributed by atoms with Gasteiger partial charge in [-0.15, -0.1) is 153 Å². The second-order valence-corrected chi connectivity index (χ2v) is 2.86. The van der Waals surface area contributed by atoms with Gasteiger partial charge in [-0.3, -0.25) is 0 Å². The minimum absolute atomic E-state index is 0. The molecule has 0 aromatic heterocycles. The van der Waals surface area contributed by atoms with Gasteiger partial charge in [0.2, 0.25) is 0 Å². The third-order valence-electron chi connectivity index (χ3n) is 1.84. The van der Waals surface area contributed by atoms with E-state index < -0.39 is 0 Å². The van der Waals surface area contributed by atoms with E-state index in [0.29, 0.717) is 0 Å². The van der Waals surface area contributed by atoms with Crippen LogP contribution in [0.5, 0.6) is 0 Å². The van der Waals surface area contributed by atoms with E-state index in [2.05, 4.69) is 5.32 Å². The molecule has 3 unspecified atom stereocenters. The number of hydrogen-bond donors (Lipinski definition) is 1. The van der Waals surface area contributed by atoms with Crippen molar-refractivity contribution in [2.75, 3.05) is 5.32 Å². The Bertz CT molecular complexity index is 363. The fourth-order valence-corrected chi connectivity index (χ4v) is 1.21. The summed E-state index contributed by atoms with van der Waals surface area (Å²) >= 11 is 0. The van der Waals surface area contributed by atoms with Crippen LogP contribution in [0, 0.1) is 0 Å². The summed E-state index contributed by atoms with van der Waals surface area (Å²) in [6.07, 6.45) is 0. The minimum Gasteiger partial charge on any atom is -1.00 e. The first kappa shape index (κ1) is 118. The fraction of sp³-hybridized carbons (Fsp3) is 0. The Morgan fingerprint density at radius 3 is 0.677 bits per heavy atom. The van der Waals surface area contributed by atoms with Crippen molar-refractivity contribution in [3.8, 4) is 0 Å². The molecule has 0 spiro atoms. The topological polar surface area (TPSA) is 12.0 Å². The van der Waals surface area contributed by atoms with Crippen molar-refractivity contribution < 1.29 is 107 Å². The van der Waals surface area contributed by atoms with Gasteiger partial charge in [0.05, 0.1) is 0 Å². The van der Waals surface area contributed by atoms with Crippen LogP contribution in [0.1, 0.15) is 0 Å². The summed E-state index contributed by atoms with van der Waals surface area (Å²) < 4.78 is 0. The van der Waals surface area contributed by atoms with Crippen LogP contribution in [-0.2, 0) is 22.4 Å². The molecule has 2 rings (SSSR count). The van der Waals surface area contributed by atoms with Crippen molar-refractivity contribution in [1.82, 2.24) is 0 Å². The van der Waals surface area contributed by atoms with E-state index in [1.165, 1.54) is 0 Å². The minimum atomic E-state index is 0. The molecule has 0 bridgehead atoms. The van der Waals surface area contributed by atoms with Crippen molar-refractivity contribution in [3.05, 3.63) is 60.7 Å². The average Bonchev–Trinajstić information content (AvgIpc) is 2.21. The first-order valence-corrected chi connectivity index (χ1v) is 4.32. The zero-order chi connectivity index (χ0) is 8.93. The average molecular weight is 1580 g/mol. The van der Waals surface area contributed by atoms with E-state index in [-0.39, 0.29) is 290 Å². The number of hydrogen-bond acceptors (Lipinski definition) is 1. The molecule has 0 amide bonds. The van der Waals surface area contributed by atoms with Crippen LogP contribution in [0.4, 0.5) is 11.4 Å². The van der Waals surface area contributed by atoms with E-state index in [1.807, 2.05) is 60.7 Å². The van der Waals surface area contributed by atoms with E-state index in [1.54, 1.807) is 0 Å². The maximum atomic E-state index is 3.30. The Morgan fingerprint density at radius 1 is 0.355 bits per heavy atom. The Kier molecular flexibility index (Phi) is 317. The number of halogens is 14. The molecule has 19 heteroatoms. The quantitative estimate of drug-likeness (QED) is 0.296. The molecule has 0 fully saturated rings. The second-order valence-electron chi connectivity index (χ2n) is 2.86. The third kappa shape index (κ3) is 62.2. The van der Waals surface area contributed by atoms with Gasteiger partial charge in [0.25, 0.3) is 0 Å². The monoisotopic (exact) mass is 1570 g/mol. The van der Waals surface area contributed by atoms with E-state index in [0.717, 1.165) is 11.4 Å². The van der Waals surface area contributed by atoms with Crippen molar-refractivity contribution >= 4 is 194 Å². The van der Waals surface area contributed by atoms with Crippen LogP contribution in [0.2, 0.25) is 0 Å². The molecule has 31 heavy (non-hydrogen) atoms. The summed E-state index contributed by atoms with van der Waals surface area (Å²) in [5.74, 6) is 0. The molecule has 2 aromatic rings. The Balaban J connectivity index is -0.00000000726. The number of nitrogens with one attached hydrogen (secondary N) is 1. The predicted octanol–water partition coefficient (Wildman–Crippen LogP) is -6.18. The summed E-state index contributed by atoms with van der Waals surface area (Å²) in [7, 11) is 0. The first-order chi connectivity index (χ1) is 6.45. The smallest absolute Gasteiger partial charge is 1.00 e. The summed E-state index contributed by atoms with van der Waals surface area (Å²) in [4.78, 5) is 0. The molecule has 0 radical (unpaired) electrons. The summed E-state index contributed by atoms with van der Waals surface area (Å²) in [6, 6.07) is 20.3. The van der Waals surface area contributed by atoms with Crippen LogP contribution in [0.3, 0.4) is 0 Å². The number of benzene rings is 2. The fourth-order valence-electron chi connectivity index (χ4n) is 1.21. The van der Waals surface area contributed by atoms with Crippen molar-refractivity contribution in [2.24, 2.45) is 0 Å². The van der Waals surface area contributed by atoms with Crippen LogP contribution < -0.4 is 90.2 Å². The zero-order valence-corrected chi connectivity index (χ0v) is 46.2. The molecule has 2 aromatic carbocycles. The summed E-state index contributed by atoms with van der Waals surface area (Å²) in [6.45, 7) is 0. The van der Waals surface area contributed by atoms with Gasteiger partial charge in [0.15, 0.2) is 0 Å². The van der Waals surface area contributed by atoms with Gasteiger partial charge < -0.3 is 90.2 Å². The van der Waals surface area contributed by atoms with Gasteiger partial charge in [0, 0.05) is 11.4 Å². The molecule has 0 saturated carbocycles. The zero-order valence-electron chi connectivity index (χ0n) is 15.4. The van der Waals surface area contributed by atoms with E-state index >= 15 is 0 Å². The molecule has 1 N–H and O–H groups in total. The molecule has 0 heterocycles. The molecule has 0 aliphatic carbocycles. The van der Waals surface area contributed by atoms with Crippen LogP contribution in [0.25, 0.3) is 0 Å². The number of anilines is 2. The van der Waals surface area contributed by atoms with Crippen LogP contribution in [-0.4, -0.2) is 0 Å². The Morgan fingerprint density at radius 2 is 0.516 bits per heavy atom.